The standard InChI is InChI=1S/C113H181N2O18P/c1-6-11-16-21-26-31-36-41-46-66-81-122-98(78-63-43-38-33-28-23-18-13-8-3)84-104(117)129-100(80-65-45-40-35-30-25-20-15-10-5)83-103(116)115-107-111(124-87-94-70-55-49-56-71-94)108(119)101(130-113(107)125-88-95-72-57-50-58-73-95)92-126-112-106(114)110(132-105(118)85-99(79-64-44-39-34-29-24-19-14-9-4)123-82-67-47-42-37-32-27-22-17-12-7-2)109(102(131-112)91-121-86-93-68-53-48-54-69-93)133-134(120,127-89-96-74-59-51-60-75-96)128-90-97-76-61-52-62-77-97/h48-62,68-77,98-102,106-113,119H,6-47,63-67,78-92,114H2,1-5H3,(H,115,116)/t98-,99-,100-,101-,102-,106-,107-,108-,109-,110-,111-,112-,113+/m1/s1. The van der Waals surface area contributed by atoms with E-state index in [0.717, 1.165) is 126 Å². The minimum absolute atomic E-state index is 0.0162. The number of aliphatic hydroxyl groups excluding tert-OH is 1. The first-order valence-corrected chi connectivity index (χ1v) is 55.1. The van der Waals surface area contributed by atoms with Gasteiger partial charge in [0.05, 0.1) is 83.8 Å². The van der Waals surface area contributed by atoms with Crippen LogP contribution in [0.2, 0.25) is 0 Å². The zero-order valence-corrected chi connectivity index (χ0v) is 84.6. The van der Waals surface area contributed by atoms with Gasteiger partial charge in [0, 0.05) is 13.2 Å². The fraction of sp³-hybridized carbons (Fsp3) is 0.708. The molecule has 7 rings (SSSR count). The van der Waals surface area contributed by atoms with Crippen molar-refractivity contribution in [2.24, 2.45) is 5.73 Å². The Morgan fingerprint density at radius 3 is 1.09 bits per heavy atom. The smallest absolute Gasteiger partial charge is 0.462 e. The van der Waals surface area contributed by atoms with E-state index in [1.165, 1.54) is 199 Å². The van der Waals surface area contributed by atoms with E-state index in [1.54, 1.807) is 0 Å². The summed E-state index contributed by atoms with van der Waals surface area (Å²) in [7, 11) is -4.74. The van der Waals surface area contributed by atoms with Crippen LogP contribution in [-0.4, -0.2) is 129 Å². The van der Waals surface area contributed by atoms with Crippen molar-refractivity contribution in [3.8, 4) is 0 Å². The quantitative estimate of drug-likeness (QED) is 0.0186. The van der Waals surface area contributed by atoms with Gasteiger partial charge >= 0.3 is 19.8 Å². The molecule has 5 aromatic carbocycles. The summed E-state index contributed by atoms with van der Waals surface area (Å²) in [5, 5.41) is 16.5. The molecule has 2 saturated heterocycles. The molecule has 1 amide bonds. The molecule has 20 nitrogen and oxygen atoms in total. The van der Waals surface area contributed by atoms with Gasteiger partial charge in [-0.2, -0.15) is 0 Å². The molecule has 0 bridgehead atoms. The lowest BCUT2D eigenvalue weighted by Gasteiger charge is -2.46. The van der Waals surface area contributed by atoms with Crippen LogP contribution in [0.3, 0.4) is 0 Å². The molecule has 2 aliphatic heterocycles. The summed E-state index contributed by atoms with van der Waals surface area (Å²) in [5.41, 5.74) is 11.4. The predicted octanol–water partition coefficient (Wildman–Crippen LogP) is 27.9. The van der Waals surface area contributed by atoms with Crippen LogP contribution in [-0.2, 0) is 113 Å². The molecular formula is C113H181N2O18P. The first kappa shape index (κ1) is 115. The van der Waals surface area contributed by atoms with E-state index in [-0.39, 0.29) is 71.0 Å². The lowest BCUT2D eigenvalue weighted by molar-refractivity contribution is -0.308. The van der Waals surface area contributed by atoms with Gasteiger partial charge in [-0.3, -0.25) is 28.0 Å². The number of carbonyl (C=O) groups is 3. The molecular weight excluding hydrogens is 1700 g/mol. The summed E-state index contributed by atoms with van der Waals surface area (Å²) >= 11 is 0. The maximum Gasteiger partial charge on any atom is 0.475 e. The summed E-state index contributed by atoms with van der Waals surface area (Å²) in [6.45, 7) is 11.5. The number of aliphatic hydroxyl groups is 1. The molecule has 5 aromatic rings. The van der Waals surface area contributed by atoms with Crippen LogP contribution < -0.4 is 11.1 Å². The molecule has 2 aliphatic rings. The van der Waals surface area contributed by atoms with Crippen LogP contribution in [0.25, 0.3) is 0 Å². The maximum atomic E-state index is 15.9. The predicted molar refractivity (Wildman–Crippen MR) is 539 cm³/mol. The molecule has 2 fully saturated rings. The van der Waals surface area contributed by atoms with Crippen molar-refractivity contribution < 1.29 is 85.0 Å². The van der Waals surface area contributed by atoms with Crippen LogP contribution in [0.4, 0.5) is 0 Å². The Balaban J connectivity index is 1.19. The largest absolute Gasteiger partial charge is 0.475 e. The highest BCUT2D eigenvalue weighted by Gasteiger charge is 2.54. The fourth-order valence-electron chi connectivity index (χ4n) is 18.0. The Labute approximate surface area is 810 Å². The van der Waals surface area contributed by atoms with E-state index >= 15 is 14.2 Å². The number of nitrogens with one attached hydrogen (secondary N) is 1. The highest BCUT2D eigenvalue weighted by atomic mass is 31.2. The number of nitrogens with two attached hydrogens (primary N) is 1. The first-order valence-electron chi connectivity index (χ1n) is 53.7. The minimum Gasteiger partial charge on any atom is -0.462 e. The van der Waals surface area contributed by atoms with Crippen molar-refractivity contribution in [3.05, 3.63) is 179 Å². The van der Waals surface area contributed by atoms with Gasteiger partial charge in [0.25, 0.3) is 0 Å². The first-order chi connectivity index (χ1) is 65.8. The molecule has 2 heterocycles. The number of phosphoric ester groups is 1. The molecule has 0 saturated carbocycles. The Morgan fingerprint density at radius 2 is 0.694 bits per heavy atom. The van der Waals surface area contributed by atoms with E-state index in [2.05, 4.69) is 39.9 Å². The van der Waals surface area contributed by atoms with E-state index in [4.69, 9.17) is 66.7 Å². The van der Waals surface area contributed by atoms with E-state index in [0.29, 0.717) is 37.2 Å². The third-order valence-electron chi connectivity index (χ3n) is 26.1. The van der Waals surface area contributed by atoms with Gasteiger partial charge in [-0.1, -0.05) is 469 Å². The Hall–Kier alpha value is -5.78. The minimum atomic E-state index is -4.74. The number of esters is 2. The van der Waals surface area contributed by atoms with Crippen molar-refractivity contribution >= 4 is 25.7 Å². The summed E-state index contributed by atoms with van der Waals surface area (Å²) < 4.78 is 103. The summed E-state index contributed by atoms with van der Waals surface area (Å²) in [4.78, 5) is 45.4. The molecule has 0 aliphatic carbocycles. The monoisotopic (exact) mass is 1890 g/mol. The van der Waals surface area contributed by atoms with Crippen molar-refractivity contribution in [1.29, 1.82) is 0 Å². The van der Waals surface area contributed by atoms with Crippen LogP contribution in [0.1, 0.15) is 403 Å². The van der Waals surface area contributed by atoms with Gasteiger partial charge in [0.2, 0.25) is 5.91 Å². The number of benzene rings is 5. The number of rotatable bonds is 84. The van der Waals surface area contributed by atoms with Gasteiger partial charge in [-0.15, -0.1) is 0 Å². The van der Waals surface area contributed by atoms with Crippen molar-refractivity contribution in [3.63, 3.8) is 0 Å². The zero-order valence-electron chi connectivity index (χ0n) is 83.7. The van der Waals surface area contributed by atoms with Crippen molar-refractivity contribution in [2.45, 2.75) is 488 Å². The molecule has 13 atom stereocenters. The zero-order chi connectivity index (χ0) is 95.0. The van der Waals surface area contributed by atoms with Gasteiger partial charge in [0.15, 0.2) is 18.7 Å². The second-order valence-electron chi connectivity index (χ2n) is 38.1. The van der Waals surface area contributed by atoms with Crippen LogP contribution >= 0.6 is 7.82 Å². The molecule has 0 radical (unpaired) electrons. The molecule has 134 heavy (non-hydrogen) atoms. The number of phosphoric acid groups is 1. The van der Waals surface area contributed by atoms with Crippen molar-refractivity contribution in [1.82, 2.24) is 5.32 Å². The normalized spacial score (nSPS) is 19.3. The topological polar surface area (TPSA) is 247 Å². The lowest BCUT2D eigenvalue weighted by Crippen LogP contribution is -2.67. The van der Waals surface area contributed by atoms with Gasteiger partial charge in [0.1, 0.15) is 42.7 Å². The van der Waals surface area contributed by atoms with Crippen LogP contribution in [0, 0.1) is 0 Å². The summed E-state index contributed by atoms with van der Waals surface area (Å²) in [6, 6.07) is 44.8. The second kappa shape index (κ2) is 75.2. The van der Waals surface area contributed by atoms with E-state index < -0.39 is 99.8 Å². The van der Waals surface area contributed by atoms with Crippen molar-refractivity contribution in [2.75, 3.05) is 26.4 Å². The molecule has 0 unspecified atom stereocenters. The number of unbranched alkanes of at least 4 members (excludes halogenated alkanes) is 42. The summed E-state index contributed by atoms with van der Waals surface area (Å²) in [6.07, 6.45) is 43.8. The molecule has 756 valence electrons. The van der Waals surface area contributed by atoms with Crippen LogP contribution in [0.5, 0.6) is 0 Å². The molecule has 0 spiro atoms. The summed E-state index contributed by atoms with van der Waals surface area (Å²) in [5.74, 6) is -1.46. The highest BCUT2D eigenvalue weighted by molar-refractivity contribution is 7.48. The number of ether oxygens (including phenoxy) is 10. The average molecular weight is 1890 g/mol. The van der Waals surface area contributed by atoms with Gasteiger partial charge in [-0.05, 0) is 66.3 Å². The molecule has 0 aromatic heterocycles. The Morgan fingerprint density at radius 1 is 0.358 bits per heavy atom. The number of hydrogen-bond donors (Lipinski definition) is 3. The number of carbonyl (C=O) groups excluding carboxylic acids is 3. The lowest BCUT2D eigenvalue weighted by atomic mass is 9.95. The second-order valence-corrected chi connectivity index (χ2v) is 39.7. The Bertz CT molecular complexity index is 3630. The third-order valence-corrected chi connectivity index (χ3v) is 27.5. The fourth-order valence-corrected chi connectivity index (χ4v) is 19.4. The number of amides is 1. The average Bonchev–Trinajstić information content (AvgIpc) is 0.777. The third kappa shape index (κ3) is 51.9. The molecule has 4 N–H and O–H groups in total. The van der Waals surface area contributed by atoms with Gasteiger partial charge in [-0.25, -0.2) is 4.57 Å². The van der Waals surface area contributed by atoms with Gasteiger partial charge < -0.3 is 63.5 Å². The highest BCUT2D eigenvalue weighted by Crippen LogP contribution is 2.54. The maximum absolute atomic E-state index is 15.9. The van der Waals surface area contributed by atoms with Crippen LogP contribution in [0.15, 0.2) is 152 Å². The Kier molecular flexibility index (Phi) is 64.6. The molecule has 21 heteroatoms. The number of hydrogen-bond acceptors (Lipinski definition) is 19. The SMILES string of the molecule is CCCCCCCCCCCCO[C@H](CCCCCCCCCCC)CC(=O)O[C@H](CCCCCCCCCCC)CC(=O)N[C@H]1[C@@H](OCc2ccccc2)O[C@H](CO[C@@H]2O[C@H](COCc3ccccc3)[C@@H](OP(=O)(OCc3ccccc3)OCc3ccccc3)[C@H](OC(=O)C[C@@H](CCCCCCCCCCC)OCCCCCCCCCCCC)[C@H]2N)[C@@H](O)[C@@H]1OCc1ccccc1. The van der Waals surface area contributed by atoms with E-state index in [9.17, 15) is 9.90 Å². The van der Waals surface area contributed by atoms with E-state index in [1.807, 2.05) is 152 Å².